The van der Waals surface area contributed by atoms with Gasteiger partial charge in [-0.05, 0) is 20.8 Å². The van der Waals surface area contributed by atoms with Gasteiger partial charge in [-0.1, -0.05) is 0 Å². The highest BCUT2D eigenvalue weighted by molar-refractivity contribution is 4.34. The zero-order valence-corrected chi connectivity index (χ0v) is 7.49. The van der Waals surface area contributed by atoms with E-state index in [4.69, 9.17) is 20.4 Å². The summed E-state index contributed by atoms with van der Waals surface area (Å²) in [6.07, 6.45) is -0.560. The lowest BCUT2D eigenvalue weighted by molar-refractivity contribution is 0.110. The molecule has 0 heterocycles. The third-order valence-electron chi connectivity index (χ3n) is 0.264. The molecule has 0 aliphatic heterocycles. The van der Waals surface area contributed by atoms with Gasteiger partial charge in [0.05, 0.1) is 12.7 Å². The normalized spacial score (nSPS) is 10.1. The van der Waals surface area contributed by atoms with E-state index >= 15 is 0 Å². The van der Waals surface area contributed by atoms with Crippen molar-refractivity contribution in [3.05, 3.63) is 0 Å². The number of hydrogen-bond acceptors (Lipinski definition) is 4. The monoisotopic (exact) mass is 168 g/mol. The van der Waals surface area contributed by atoms with Gasteiger partial charge in [-0.3, -0.25) is 0 Å². The second-order valence-electron chi connectivity index (χ2n) is 1.66. The predicted octanol–water partition coefficient (Wildman–Crippen LogP) is -0.643. The minimum atomic E-state index is -0.560. The van der Waals surface area contributed by atoms with Crippen molar-refractivity contribution >= 4 is 0 Å². The Morgan fingerprint density at radius 2 is 1.09 bits per heavy atom. The molecule has 72 valence electrons. The van der Waals surface area contributed by atoms with Gasteiger partial charge in [0.25, 0.3) is 0 Å². The summed E-state index contributed by atoms with van der Waals surface area (Å²) in [5.74, 6) is 0. The lowest BCUT2D eigenvalue weighted by atomic mass is 10.5. The van der Waals surface area contributed by atoms with Crippen LogP contribution in [0.4, 0.5) is 0 Å². The Labute approximate surface area is 68.1 Å². The molecule has 0 aliphatic carbocycles. The molecule has 1 atom stereocenters. The molecule has 0 amide bonds. The molecule has 4 nitrogen and oxygen atoms in total. The quantitative estimate of drug-likeness (QED) is 0.420. The van der Waals surface area contributed by atoms with E-state index in [0.29, 0.717) is 0 Å². The van der Waals surface area contributed by atoms with Crippen LogP contribution >= 0.6 is 0 Å². The van der Waals surface area contributed by atoms with E-state index in [-0.39, 0.29) is 19.8 Å². The molecule has 0 saturated heterocycles. The van der Waals surface area contributed by atoms with Crippen molar-refractivity contribution in [3.8, 4) is 0 Å². The second kappa shape index (κ2) is 22.5. The summed E-state index contributed by atoms with van der Waals surface area (Å²) in [5.41, 5.74) is 0. The maximum Gasteiger partial charge on any atom is 0.0742 e. The Morgan fingerprint density at radius 3 is 1.09 bits per heavy atom. The standard InChI is InChI=1S/C3H8O2.2C2H6O/c1-3(5)2-4;2*1-2-3/h3-5H,2H2,1H3;2*3H,2H2,1H3. The molecule has 0 fully saturated rings. The fraction of sp³-hybridized carbons (Fsp3) is 1.00. The first-order chi connectivity index (χ1) is 5.10. The van der Waals surface area contributed by atoms with Gasteiger partial charge in [0, 0.05) is 13.2 Å². The number of hydrogen-bond donors (Lipinski definition) is 4. The summed E-state index contributed by atoms with van der Waals surface area (Å²) in [6, 6.07) is 0. The number of aliphatic hydroxyl groups is 4. The Bertz CT molecular complexity index is 37.4. The Morgan fingerprint density at radius 1 is 1.00 bits per heavy atom. The van der Waals surface area contributed by atoms with Gasteiger partial charge in [-0.15, -0.1) is 0 Å². The highest BCUT2D eigenvalue weighted by Crippen LogP contribution is 1.68. The van der Waals surface area contributed by atoms with Gasteiger partial charge in [-0.25, -0.2) is 0 Å². The van der Waals surface area contributed by atoms with Gasteiger partial charge in [0.1, 0.15) is 0 Å². The zero-order chi connectivity index (χ0) is 9.70. The van der Waals surface area contributed by atoms with Crippen LogP contribution in [0.1, 0.15) is 20.8 Å². The Balaban J connectivity index is -0.0000000933. The van der Waals surface area contributed by atoms with Gasteiger partial charge in [0.15, 0.2) is 0 Å². The largest absolute Gasteiger partial charge is 0.397 e. The van der Waals surface area contributed by atoms with Crippen LogP contribution < -0.4 is 0 Å². The molecule has 0 spiro atoms. The van der Waals surface area contributed by atoms with E-state index in [0.717, 1.165) is 0 Å². The summed E-state index contributed by atoms with van der Waals surface area (Å²) in [4.78, 5) is 0. The molecule has 0 aliphatic rings. The van der Waals surface area contributed by atoms with Crippen LogP contribution in [-0.4, -0.2) is 46.4 Å². The van der Waals surface area contributed by atoms with Crippen molar-refractivity contribution in [2.24, 2.45) is 0 Å². The Hall–Kier alpha value is -0.160. The lowest BCUT2D eigenvalue weighted by Gasteiger charge is -1.90. The van der Waals surface area contributed by atoms with Crippen molar-refractivity contribution in [1.29, 1.82) is 0 Å². The fourth-order valence-electron chi connectivity index (χ4n) is 0. The predicted molar refractivity (Wildman–Crippen MR) is 44.3 cm³/mol. The van der Waals surface area contributed by atoms with Crippen LogP contribution in [0.25, 0.3) is 0 Å². The topological polar surface area (TPSA) is 80.9 Å². The van der Waals surface area contributed by atoms with Crippen LogP contribution in [0.5, 0.6) is 0 Å². The molecular formula is C7H20O4. The van der Waals surface area contributed by atoms with Crippen molar-refractivity contribution < 1.29 is 20.4 Å². The van der Waals surface area contributed by atoms with Gasteiger partial charge in [-0.2, -0.15) is 0 Å². The summed E-state index contributed by atoms with van der Waals surface area (Å²) in [5, 5.41) is 31.1. The zero-order valence-electron chi connectivity index (χ0n) is 7.49. The van der Waals surface area contributed by atoms with Crippen LogP contribution in [-0.2, 0) is 0 Å². The van der Waals surface area contributed by atoms with Crippen molar-refractivity contribution in [2.45, 2.75) is 26.9 Å². The first-order valence-electron chi connectivity index (χ1n) is 3.61. The number of rotatable bonds is 1. The van der Waals surface area contributed by atoms with Gasteiger partial charge >= 0.3 is 0 Å². The highest BCUT2D eigenvalue weighted by Gasteiger charge is 1.83. The molecule has 4 heteroatoms. The number of aliphatic hydroxyl groups excluding tert-OH is 4. The molecule has 0 saturated carbocycles. The Kier molecular flexibility index (Phi) is 35.0. The summed E-state index contributed by atoms with van der Waals surface area (Å²) in [7, 11) is 0. The lowest BCUT2D eigenvalue weighted by Crippen LogP contribution is -2.03. The minimum Gasteiger partial charge on any atom is -0.397 e. The SMILES string of the molecule is CC(O)CO.CCO.CCO. The molecule has 0 rings (SSSR count). The molecular weight excluding hydrogens is 148 g/mol. The first kappa shape index (κ1) is 17.1. The molecule has 0 bridgehead atoms. The summed E-state index contributed by atoms with van der Waals surface area (Å²) >= 11 is 0. The summed E-state index contributed by atoms with van der Waals surface area (Å²) < 4.78 is 0. The molecule has 4 N–H and O–H groups in total. The first-order valence-corrected chi connectivity index (χ1v) is 3.61. The van der Waals surface area contributed by atoms with E-state index in [2.05, 4.69) is 0 Å². The van der Waals surface area contributed by atoms with E-state index in [9.17, 15) is 0 Å². The molecule has 0 radical (unpaired) electrons. The molecule has 11 heavy (non-hydrogen) atoms. The van der Waals surface area contributed by atoms with E-state index in [1.807, 2.05) is 0 Å². The molecule has 0 aromatic rings. The molecule has 0 aromatic carbocycles. The maximum absolute atomic E-state index is 8.11. The van der Waals surface area contributed by atoms with Gasteiger partial charge in [0.2, 0.25) is 0 Å². The average molecular weight is 168 g/mol. The van der Waals surface area contributed by atoms with Gasteiger partial charge < -0.3 is 20.4 Å². The molecule has 1 unspecified atom stereocenters. The maximum atomic E-state index is 8.11. The minimum absolute atomic E-state index is 0.139. The summed E-state index contributed by atoms with van der Waals surface area (Å²) in [6.45, 7) is 5.25. The van der Waals surface area contributed by atoms with Crippen LogP contribution in [0.2, 0.25) is 0 Å². The van der Waals surface area contributed by atoms with Crippen molar-refractivity contribution in [1.82, 2.24) is 0 Å². The smallest absolute Gasteiger partial charge is 0.0742 e. The van der Waals surface area contributed by atoms with E-state index in [1.54, 1.807) is 13.8 Å². The fourth-order valence-corrected chi connectivity index (χ4v) is 0. The third-order valence-corrected chi connectivity index (χ3v) is 0.264. The molecule has 0 aromatic heterocycles. The van der Waals surface area contributed by atoms with Crippen molar-refractivity contribution in [2.75, 3.05) is 19.8 Å². The van der Waals surface area contributed by atoms with Crippen molar-refractivity contribution in [3.63, 3.8) is 0 Å². The van der Waals surface area contributed by atoms with Crippen LogP contribution in [0.15, 0.2) is 0 Å². The highest BCUT2D eigenvalue weighted by atomic mass is 16.3. The second-order valence-corrected chi connectivity index (χ2v) is 1.66. The third kappa shape index (κ3) is 179. The van der Waals surface area contributed by atoms with E-state index in [1.165, 1.54) is 6.92 Å². The van der Waals surface area contributed by atoms with E-state index < -0.39 is 6.10 Å². The average Bonchev–Trinajstić information content (AvgIpc) is 1.91. The van der Waals surface area contributed by atoms with Crippen LogP contribution in [0, 0.1) is 0 Å². The van der Waals surface area contributed by atoms with Crippen LogP contribution in [0.3, 0.4) is 0 Å².